The van der Waals surface area contributed by atoms with Crippen molar-refractivity contribution in [3.05, 3.63) is 27.9 Å². The summed E-state index contributed by atoms with van der Waals surface area (Å²) in [6.45, 7) is 2.36. The summed E-state index contributed by atoms with van der Waals surface area (Å²) in [5.74, 6) is -0.291. The van der Waals surface area contributed by atoms with E-state index in [1.54, 1.807) is 13.0 Å². The van der Waals surface area contributed by atoms with Crippen LogP contribution in [0.2, 0.25) is 0 Å². The number of rotatable bonds is 7. The number of hydrogen-bond acceptors (Lipinski definition) is 7. The highest BCUT2D eigenvalue weighted by atomic mass is 16.6. The highest BCUT2D eigenvalue weighted by Gasteiger charge is 2.20. The third kappa shape index (κ3) is 4.20. The number of carbonyl (C=O) groups excluding carboxylic acids is 1. The SMILES string of the molecule is CCOC(=O)CCCNc1nccc(C#N)c1[N+](=O)[O-]. The van der Waals surface area contributed by atoms with Gasteiger partial charge in [-0.3, -0.25) is 14.9 Å². The van der Waals surface area contributed by atoms with E-state index in [0.717, 1.165) is 0 Å². The van der Waals surface area contributed by atoms with Gasteiger partial charge in [-0.05, 0) is 19.4 Å². The Morgan fingerprint density at radius 1 is 1.65 bits per heavy atom. The molecule has 0 spiro atoms. The minimum Gasteiger partial charge on any atom is -0.466 e. The number of pyridine rings is 1. The summed E-state index contributed by atoms with van der Waals surface area (Å²) < 4.78 is 4.76. The van der Waals surface area contributed by atoms with Gasteiger partial charge in [0.1, 0.15) is 11.6 Å². The maximum Gasteiger partial charge on any atom is 0.328 e. The highest BCUT2D eigenvalue weighted by molar-refractivity contribution is 5.69. The van der Waals surface area contributed by atoms with E-state index in [2.05, 4.69) is 10.3 Å². The first kappa shape index (κ1) is 15.4. The predicted molar refractivity (Wildman–Crippen MR) is 70.0 cm³/mol. The number of anilines is 1. The zero-order valence-corrected chi connectivity index (χ0v) is 11.0. The molecule has 1 rings (SSSR count). The lowest BCUT2D eigenvalue weighted by Gasteiger charge is -2.06. The van der Waals surface area contributed by atoms with E-state index in [-0.39, 0.29) is 29.5 Å². The molecule has 8 heteroatoms. The Kier molecular flexibility index (Phi) is 5.90. The molecule has 0 aliphatic carbocycles. The lowest BCUT2D eigenvalue weighted by molar-refractivity contribution is -0.384. The molecule has 0 aliphatic rings. The molecule has 0 saturated carbocycles. The van der Waals surface area contributed by atoms with Crippen LogP contribution in [0.3, 0.4) is 0 Å². The highest BCUT2D eigenvalue weighted by Crippen LogP contribution is 2.25. The first-order valence-corrected chi connectivity index (χ1v) is 6.03. The Morgan fingerprint density at radius 3 is 3.00 bits per heavy atom. The number of nitro groups is 1. The summed E-state index contributed by atoms with van der Waals surface area (Å²) in [6.07, 6.45) is 1.99. The van der Waals surface area contributed by atoms with Crippen LogP contribution in [0.1, 0.15) is 25.3 Å². The van der Waals surface area contributed by atoms with Gasteiger partial charge in [0.15, 0.2) is 0 Å². The quantitative estimate of drug-likeness (QED) is 0.348. The van der Waals surface area contributed by atoms with Crippen molar-refractivity contribution in [2.45, 2.75) is 19.8 Å². The zero-order valence-electron chi connectivity index (χ0n) is 11.0. The topological polar surface area (TPSA) is 118 Å². The van der Waals surface area contributed by atoms with E-state index in [0.29, 0.717) is 19.6 Å². The Hall–Kier alpha value is -2.69. The minimum atomic E-state index is -0.654. The molecule has 1 heterocycles. The van der Waals surface area contributed by atoms with Crippen LogP contribution in [-0.2, 0) is 9.53 Å². The third-order valence-electron chi connectivity index (χ3n) is 2.38. The fourth-order valence-electron chi connectivity index (χ4n) is 1.53. The maximum absolute atomic E-state index is 11.1. The lowest BCUT2D eigenvalue weighted by Crippen LogP contribution is -2.10. The largest absolute Gasteiger partial charge is 0.466 e. The fourth-order valence-corrected chi connectivity index (χ4v) is 1.53. The first-order valence-electron chi connectivity index (χ1n) is 6.03. The number of nitrogens with zero attached hydrogens (tertiary/aromatic N) is 3. The van der Waals surface area contributed by atoms with Gasteiger partial charge >= 0.3 is 11.7 Å². The average molecular weight is 278 g/mol. The first-order chi connectivity index (χ1) is 9.60. The molecule has 106 valence electrons. The second-order valence-electron chi connectivity index (χ2n) is 3.76. The number of ether oxygens (including phenoxy) is 1. The van der Waals surface area contributed by atoms with Crippen molar-refractivity contribution in [1.82, 2.24) is 4.98 Å². The van der Waals surface area contributed by atoms with Crippen molar-refractivity contribution in [2.24, 2.45) is 0 Å². The van der Waals surface area contributed by atoms with Gasteiger partial charge < -0.3 is 10.1 Å². The molecule has 0 bridgehead atoms. The normalized spacial score (nSPS) is 9.60. The predicted octanol–water partition coefficient (Wildman–Crippen LogP) is 1.62. The van der Waals surface area contributed by atoms with E-state index in [4.69, 9.17) is 10.00 Å². The van der Waals surface area contributed by atoms with Crippen LogP contribution in [-0.4, -0.2) is 29.0 Å². The average Bonchev–Trinajstić information content (AvgIpc) is 2.43. The van der Waals surface area contributed by atoms with E-state index in [9.17, 15) is 14.9 Å². The summed E-state index contributed by atoms with van der Waals surface area (Å²) in [4.78, 5) is 25.2. The van der Waals surface area contributed by atoms with Gasteiger partial charge in [0, 0.05) is 19.2 Å². The lowest BCUT2D eigenvalue weighted by atomic mass is 10.2. The van der Waals surface area contributed by atoms with Crippen LogP contribution in [0.25, 0.3) is 0 Å². The van der Waals surface area contributed by atoms with Gasteiger partial charge in [-0.2, -0.15) is 5.26 Å². The molecule has 8 nitrogen and oxygen atoms in total. The molecule has 20 heavy (non-hydrogen) atoms. The minimum absolute atomic E-state index is 0.0258. The number of esters is 1. The molecule has 0 atom stereocenters. The van der Waals surface area contributed by atoms with Crippen LogP contribution >= 0.6 is 0 Å². The smallest absolute Gasteiger partial charge is 0.328 e. The van der Waals surface area contributed by atoms with E-state index in [1.807, 2.05) is 0 Å². The summed E-state index contributed by atoms with van der Waals surface area (Å²) in [7, 11) is 0. The van der Waals surface area contributed by atoms with Gasteiger partial charge in [-0.1, -0.05) is 0 Å². The van der Waals surface area contributed by atoms with E-state index < -0.39 is 4.92 Å². The van der Waals surface area contributed by atoms with Crippen molar-refractivity contribution in [3.8, 4) is 6.07 Å². The van der Waals surface area contributed by atoms with Crippen molar-refractivity contribution in [2.75, 3.05) is 18.5 Å². The van der Waals surface area contributed by atoms with Crippen molar-refractivity contribution < 1.29 is 14.5 Å². The van der Waals surface area contributed by atoms with Crippen molar-refractivity contribution in [1.29, 1.82) is 5.26 Å². The van der Waals surface area contributed by atoms with Crippen molar-refractivity contribution in [3.63, 3.8) is 0 Å². The second kappa shape index (κ2) is 7.68. The van der Waals surface area contributed by atoms with E-state index in [1.165, 1.54) is 12.3 Å². The summed E-state index contributed by atoms with van der Waals surface area (Å²) in [6, 6.07) is 3.03. The Morgan fingerprint density at radius 2 is 2.40 bits per heavy atom. The van der Waals surface area contributed by atoms with Crippen LogP contribution in [0.4, 0.5) is 11.5 Å². The monoisotopic (exact) mass is 278 g/mol. The van der Waals surface area contributed by atoms with Crippen LogP contribution in [0, 0.1) is 21.4 Å². The van der Waals surface area contributed by atoms with Gasteiger partial charge in [0.05, 0.1) is 11.5 Å². The Labute approximate surface area is 115 Å². The molecule has 0 radical (unpaired) electrons. The summed E-state index contributed by atoms with van der Waals surface area (Å²) in [5, 5.41) is 22.5. The number of aromatic nitrogens is 1. The number of hydrogen-bond donors (Lipinski definition) is 1. The van der Waals surface area contributed by atoms with Crippen molar-refractivity contribution >= 4 is 17.5 Å². The van der Waals surface area contributed by atoms with Crippen LogP contribution < -0.4 is 5.32 Å². The molecular weight excluding hydrogens is 264 g/mol. The van der Waals surface area contributed by atoms with Gasteiger partial charge in [-0.25, -0.2) is 4.98 Å². The summed E-state index contributed by atoms with van der Waals surface area (Å²) >= 11 is 0. The Bertz CT molecular complexity index is 539. The molecule has 1 aromatic rings. The Balaban J connectivity index is 2.63. The second-order valence-corrected chi connectivity index (χ2v) is 3.76. The molecule has 1 aromatic heterocycles. The molecule has 0 saturated heterocycles. The molecule has 1 N–H and O–H groups in total. The number of nitriles is 1. The summed E-state index contributed by atoms with van der Waals surface area (Å²) in [5.41, 5.74) is -0.413. The molecule has 0 aliphatic heterocycles. The fraction of sp³-hybridized carbons (Fsp3) is 0.417. The van der Waals surface area contributed by atoms with Gasteiger partial charge in [0.2, 0.25) is 5.82 Å². The number of carbonyl (C=O) groups is 1. The molecular formula is C12H14N4O4. The van der Waals surface area contributed by atoms with Gasteiger partial charge in [-0.15, -0.1) is 0 Å². The maximum atomic E-state index is 11.1. The standard InChI is InChI=1S/C12H14N4O4/c1-2-20-10(17)4-3-6-14-12-11(16(18)19)9(8-13)5-7-15-12/h5,7H,2-4,6H2,1H3,(H,14,15). The van der Waals surface area contributed by atoms with E-state index >= 15 is 0 Å². The third-order valence-corrected chi connectivity index (χ3v) is 2.38. The molecule has 0 unspecified atom stereocenters. The van der Waals surface area contributed by atoms with Crippen LogP contribution in [0.15, 0.2) is 12.3 Å². The van der Waals surface area contributed by atoms with Crippen LogP contribution in [0.5, 0.6) is 0 Å². The zero-order chi connectivity index (χ0) is 15.0. The molecule has 0 amide bonds. The van der Waals surface area contributed by atoms with Gasteiger partial charge in [0.25, 0.3) is 0 Å². The molecule has 0 aromatic carbocycles. The number of nitrogens with one attached hydrogen (secondary N) is 1. The molecule has 0 fully saturated rings.